The van der Waals surface area contributed by atoms with Crippen LogP contribution in [0, 0.1) is 0 Å². The first kappa shape index (κ1) is 20.6. The number of aromatic hydroxyl groups is 1. The van der Waals surface area contributed by atoms with Gasteiger partial charge in [-0.3, -0.25) is 4.79 Å². The Kier molecular flexibility index (Phi) is 6.00. The molecule has 0 radical (unpaired) electrons. The zero-order valence-electron chi connectivity index (χ0n) is 17.0. The van der Waals surface area contributed by atoms with Gasteiger partial charge in [-0.2, -0.15) is 0 Å². The van der Waals surface area contributed by atoms with Crippen molar-refractivity contribution in [1.82, 2.24) is 5.32 Å². The Hall–Kier alpha value is -3.64. The first-order chi connectivity index (χ1) is 15.0. The van der Waals surface area contributed by atoms with Crippen molar-refractivity contribution >= 4 is 17.6 Å². The number of nitrogens with one attached hydrogen (secondary N) is 2. The van der Waals surface area contributed by atoms with Crippen molar-refractivity contribution in [2.24, 2.45) is 0 Å². The highest BCUT2D eigenvalue weighted by Gasteiger charge is 2.20. The number of hydrogen-bond donors (Lipinski definition) is 4. The Morgan fingerprint density at radius 2 is 1.71 bits per heavy atom. The second-order valence-corrected chi connectivity index (χ2v) is 7.66. The molecule has 31 heavy (non-hydrogen) atoms. The van der Waals surface area contributed by atoms with E-state index in [0.29, 0.717) is 0 Å². The van der Waals surface area contributed by atoms with Gasteiger partial charge in [-0.25, -0.2) is 4.79 Å². The molecule has 6 heteroatoms. The van der Waals surface area contributed by atoms with E-state index in [1.54, 1.807) is 18.2 Å². The van der Waals surface area contributed by atoms with Gasteiger partial charge in [-0.15, -0.1) is 0 Å². The van der Waals surface area contributed by atoms with E-state index in [1.165, 1.54) is 12.1 Å². The maximum absolute atomic E-state index is 13.0. The number of rotatable bonds is 5. The Morgan fingerprint density at radius 1 is 0.903 bits per heavy atom. The molecule has 1 aliphatic rings. The average Bonchev–Trinajstić information content (AvgIpc) is 2.80. The van der Waals surface area contributed by atoms with Crippen molar-refractivity contribution in [3.05, 3.63) is 83.4 Å². The number of anilines is 1. The molecule has 1 aliphatic heterocycles. The van der Waals surface area contributed by atoms with E-state index in [4.69, 9.17) is 0 Å². The molecular formula is C25H24N2O4. The minimum Gasteiger partial charge on any atom is -0.507 e. The van der Waals surface area contributed by atoms with Crippen LogP contribution < -0.4 is 10.6 Å². The fourth-order valence-electron chi connectivity index (χ4n) is 3.92. The molecule has 4 N–H and O–H groups in total. The molecule has 0 aromatic heterocycles. The van der Waals surface area contributed by atoms with Crippen LogP contribution in [-0.4, -0.2) is 28.6 Å². The summed E-state index contributed by atoms with van der Waals surface area (Å²) in [5.41, 5.74) is 2.90. The molecule has 4 rings (SSSR count). The van der Waals surface area contributed by atoms with Crippen LogP contribution >= 0.6 is 0 Å². The summed E-state index contributed by atoms with van der Waals surface area (Å²) < 4.78 is 0. The van der Waals surface area contributed by atoms with E-state index in [2.05, 4.69) is 10.6 Å². The molecule has 1 heterocycles. The molecule has 1 amide bonds. The lowest BCUT2D eigenvalue weighted by Gasteiger charge is -2.24. The van der Waals surface area contributed by atoms with Crippen LogP contribution in [0.25, 0.3) is 11.1 Å². The standard InChI is InChI=1S/C25H24N2O4/c28-23-12-10-18(21-8-4-5-13-26-21)14-20(23)24(29)27-22-15-17(9-11-19(22)25(30)31)16-6-2-1-3-7-16/h1-3,6-7,9-12,14-15,21,26,28H,4-5,8,13H2,(H,27,29)(H,30,31). The number of carbonyl (C=O) groups excluding carboxylic acids is 1. The quantitative estimate of drug-likeness (QED) is 0.478. The van der Waals surface area contributed by atoms with Crippen LogP contribution in [0.15, 0.2) is 66.7 Å². The number of carbonyl (C=O) groups is 2. The topological polar surface area (TPSA) is 98.7 Å². The fourth-order valence-corrected chi connectivity index (χ4v) is 3.92. The van der Waals surface area contributed by atoms with Gasteiger partial charge in [-0.05, 0) is 60.3 Å². The normalized spacial score (nSPS) is 15.9. The molecule has 1 atom stereocenters. The number of benzene rings is 3. The van der Waals surface area contributed by atoms with Crippen molar-refractivity contribution in [3.8, 4) is 16.9 Å². The van der Waals surface area contributed by atoms with Crippen molar-refractivity contribution < 1.29 is 19.8 Å². The highest BCUT2D eigenvalue weighted by Crippen LogP contribution is 2.30. The molecule has 0 bridgehead atoms. The summed E-state index contributed by atoms with van der Waals surface area (Å²) in [4.78, 5) is 24.7. The number of aromatic carboxylic acids is 1. The molecule has 1 fully saturated rings. The Bertz CT molecular complexity index is 1110. The Balaban J connectivity index is 1.65. The number of phenolic OH excluding ortho intramolecular Hbond substituents is 1. The highest BCUT2D eigenvalue weighted by atomic mass is 16.4. The lowest BCUT2D eigenvalue weighted by molar-refractivity contribution is 0.0698. The summed E-state index contributed by atoms with van der Waals surface area (Å²) in [7, 11) is 0. The zero-order chi connectivity index (χ0) is 21.8. The number of amides is 1. The third-order valence-corrected chi connectivity index (χ3v) is 5.58. The van der Waals surface area contributed by atoms with Gasteiger partial charge in [0.05, 0.1) is 16.8 Å². The molecule has 0 saturated carbocycles. The van der Waals surface area contributed by atoms with Gasteiger partial charge in [0.25, 0.3) is 5.91 Å². The second-order valence-electron chi connectivity index (χ2n) is 7.66. The molecule has 6 nitrogen and oxygen atoms in total. The Morgan fingerprint density at radius 3 is 2.42 bits per heavy atom. The minimum absolute atomic E-state index is 0.0161. The fraction of sp³-hybridized carbons (Fsp3) is 0.200. The van der Waals surface area contributed by atoms with E-state index in [-0.39, 0.29) is 28.6 Å². The lowest BCUT2D eigenvalue weighted by atomic mass is 9.95. The summed E-state index contributed by atoms with van der Waals surface area (Å²) in [6.45, 7) is 0.918. The molecule has 1 saturated heterocycles. The van der Waals surface area contributed by atoms with Gasteiger partial charge in [0.1, 0.15) is 5.75 Å². The maximum atomic E-state index is 13.0. The summed E-state index contributed by atoms with van der Waals surface area (Å²) in [6.07, 6.45) is 3.19. The number of hydrogen-bond acceptors (Lipinski definition) is 4. The molecule has 0 spiro atoms. The molecule has 3 aromatic carbocycles. The summed E-state index contributed by atoms with van der Waals surface area (Å²) >= 11 is 0. The molecule has 158 valence electrons. The predicted molar refractivity (Wildman–Crippen MR) is 119 cm³/mol. The van der Waals surface area contributed by atoms with E-state index in [0.717, 1.165) is 42.5 Å². The number of phenols is 1. The van der Waals surface area contributed by atoms with Crippen LogP contribution in [0.1, 0.15) is 51.6 Å². The highest BCUT2D eigenvalue weighted by molar-refractivity contribution is 6.09. The van der Waals surface area contributed by atoms with Crippen molar-refractivity contribution in [2.45, 2.75) is 25.3 Å². The number of carboxylic acid groups (broad SMARTS) is 1. The van der Waals surface area contributed by atoms with Gasteiger partial charge in [0.15, 0.2) is 0 Å². The minimum atomic E-state index is -1.14. The van der Waals surface area contributed by atoms with Crippen molar-refractivity contribution in [2.75, 3.05) is 11.9 Å². The van der Waals surface area contributed by atoms with Gasteiger partial charge in [0.2, 0.25) is 0 Å². The van der Waals surface area contributed by atoms with Crippen LogP contribution in [0.3, 0.4) is 0 Å². The predicted octanol–water partition coefficient (Wildman–Crippen LogP) is 4.82. The van der Waals surface area contributed by atoms with E-state index < -0.39 is 11.9 Å². The van der Waals surface area contributed by atoms with Crippen molar-refractivity contribution in [1.29, 1.82) is 0 Å². The van der Waals surface area contributed by atoms with E-state index in [9.17, 15) is 19.8 Å². The first-order valence-electron chi connectivity index (χ1n) is 10.3. The van der Waals surface area contributed by atoms with Gasteiger partial charge in [-0.1, -0.05) is 48.9 Å². The van der Waals surface area contributed by atoms with Crippen LogP contribution in [0.4, 0.5) is 5.69 Å². The SMILES string of the molecule is O=C(Nc1cc(-c2ccccc2)ccc1C(=O)O)c1cc(C2CCCCN2)ccc1O. The lowest BCUT2D eigenvalue weighted by Crippen LogP contribution is -2.27. The van der Waals surface area contributed by atoms with Crippen LogP contribution in [0.2, 0.25) is 0 Å². The smallest absolute Gasteiger partial charge is 0.337 e. The van der Waals surface area contributed by atoms with Crippen LogP contribution in [-0.2, 0) is 0 Å². The molecule has 1 unspecified atom stereocenters. The number of piperidine rings is 1. The van der Waals surface area contributed by atoms with Crippen LogP contribution in [0.5, 0.6) is 5.75 Å². The maximum Gasteiger partial charge on any atom is 0.337 e. The average molecular weight is 416 g/mol. The molecule has 3 aromatic rings. The summed E-state index contributed by atoms with van der Waals surface area (Å²) in [6, 6.07) is 19.5. The number of carboxylic acids is 1. The first-order valence-corrected chi connectivity index (χ1v) is 10.3. The molecular weight excluding hydrogens is 392 g/mol. The molecule has 0 aliphatic carbocycles. The van der Waals surface area contributed by atoms with Gasteiger partial charge < -0.3 is 20.8 Å². The largest absolute Gasteiger partial charge is 0.507 e. The van der Waals surface area contributed by atoms with Gasteiger partial charge in [0, 0.05) is 6.04 Å². The Labute approximate surface area is 180 Å². The second kappa shape index (κ2) is 9.02. The third kappa shape index (κ3) is 4.59. The van der Waals surface area contributed by atoms with Crippen molar-refractivity contribution in [3.63, 3.8) is 0 Å². The monoisotopic (exact) mass is 416 g/mol. The zero-order valence-corrected chi connectivity index (χ0v) is 17.0. The summed E-state index contributed by atoms with van der Waals surface area (Å²) in [5, 5.41) is 26.0. The third-order valence-electron chi connectivity index (χ3n) is 5.58. The van der Waals surface area contributed by atoms with E-state index in [1.807, 2.05) is 36.4 Å². The van der Waals surface area contributed by atoms with Gasteiger partial charge >= 0.3 is 5.97 Å². The van der Waals surface area contributed by atoms with E-state index >= 15 is 0 Å². The summed E-state index contributed by atoms with van der Waals surface area (Å²) in [5.74, 6) is -1.84.